The molecule has 0 bridgehead atoms. The van der Waals surface area contributed by atoms with Crippen molar-refractivity contribution in [1.82, 2.24) is 0 Å². The fourth-order valence-corrected chi connectivity index (χ4v) is 3.18. The molecule has 1 unspecified atom stereocenters. The fraction of sp³-hybridized carbons (Fsp3) is 0.462. The predicted molar refractivity (Wildman–Crippen MR) is 85.5 cm³/mol. The highest BCUT2D eigenvalue weighted by Crippen LogP contribution is 2.30. The number of thioether (sulfide) groups is 2. The molecule has 18 heavy (non-hydrogen) atoms. The summed E-state index contributed by atoms with van der Waals surface area (Å²) in [6.45, 7) is 2.19. The van der Waals surface area contributed by atoms with Gasteiger partial charge in [0.1, 0.15) is 5.84 Å². The Balaban J connectivity index is 3.19. The molecule has 1 rings (SSSR count). The standard InChI is InChI=1S/C13H21N3S2/c1-9(8-17-3)16(2)10-6-5-7-11(18-4)12(10)13(14)15/h5-7,9H,8H2,1-4H3,(H3,14,15). The molecule has 0 saturated heterocycles. The van der Waals surface area contributed by atoms with Gasteiger partial charge in [-0.05, 0) is 31.6 Å². The topological polar surface area (TPSA) is 53.1 Å². The van der Waals surface area contributed by atoms with Crippen LogP contribution in [0.2, 0.25) is 0 Å². The van der Waals surface area contributed by atoms with Crippen LogP contribution in [0.1, 0.15) is 12.5 Å². The molecule has 1 aromatic rings. The summed E-state index contributed by atoms with van der Waals surface area (Å²) in [5, 5.41) is 7.79. The number of nitrogens with two attached hydrogens (primary N) is 1. The summed E-state index contributed by atoms with van der Waals surface area (Å²) in [5.41, 5.74) is 7.63. The molecule has 1 atom stereocenters. The van der Waals surface area contributed by atoms with Crippen LogP contribution < -0.4 is 10.6 Å². The molecule has 0 aromatic heterocycles. The molecule has 0 heterocycles. The second-order valence-electron chi connectivity index (χ2n) is 4.18. The number of nitrogen functional groups attached to an aromatic ring is 1. The van der Waals surface area contributed by atoms with Crippen molar-refractivity contribution in [3.63, 3.8) is 0 Å². The van der Waals surface area contributed by atoms with Gasteiger partial charge in [0.15, 0.2) is 0 Å². The van der Waals surface area contributed by atoms with Gasteiger partial charge >= 0.3 is 0 Å². The minimum atomic E-state index is 0.137. The number of anilines is 1. The van der Waals surface area contributed by atoms with Crippen molar-refractivity contribution in [2.45, 2.75) is 17.9 Å². The Labute approximate surface area is 118 Å². The zero-order chi connectivity index (χ0) is 13.7. The highest BCUT2D eigenvalue weighted by Gasteiger charge is 2.17. The van der Waals surface area contributed by atoms with Crippen LogP contribution in [-0.4, -0.2) is 37.2 Å². The van der Waals surface area contributed by atoms with Gasteiger partial charge in [-0.1, -0.05) is 6.07 Å². The third-order valence-corrected chi connectivity index (χ3v) is 4.54. The summed E-state index contributed by atoms with van der Waals surface area (Å²) in [7, 11) is 2.06. The smallest absolute Gasteiger partial charge is 0.126 e. The molecule has 0 spiro atoms. The lowest BCUT2D eigenvalue weighted by atomic mass is 10.1. The highest BCUT2D eigenvalue weighted by molar-refractivity contribution is 7.98. The van der Waals surface area contributed by atoms with E-state index in [-0.39, 0.29) is 5.84 Å². The van der Waals surface area contributed by atoms with Crippen LogP contribution in [0.25, 0.3) is 0 Å². The Hall–Kier alpha value is -0.810. The third kappa shape index (κ3) is 3.36. The molecule has 0 aliphatic rings. The monoisotopic (exact) mass is 283 g/mol. The van der Waals surface area contributed by atoms with Crippen molar-refractivity contribution in [3.8, 4) is 0 Å². The summed E-state index contributed by atoms with van der Waals surface area (Å²) < 4.78 is 0. The molecule has 0 aliphatic carbocycles. The van der Waals surface area contributed by atoms with Crippen LogP contribution in [0, 0.1) is 5.41 Å². The lowest BCUT2D eigenvalue weighted by Crippen LogP contribution is -2.33. The van der Waals surface area contributed by atoms with Crippen molar-refractivity contribution in [2.24, 2.45) is 5.73 Å². The SMILES string of the molecule is CSCC(C)N(C)c1cccc(SC)c1C(=N)N. The van der Waals surface area contributed by atoms with Crippen molar-refractivity contribution >= 4 is 35.0 Å². The largest absolute Gasteiger partial charge is 0.384 e. The lowest BCUT2D eigenvalue weighted by molar-refractivity contribution is 0.763. The maximum atomic E-state index is 7.79. The number of nitrogens with one attached hydrogen (secondary N) is 1. The van der Waals surface area contributed by atoms with Gasteiger partial charge in [0.05, 0.1) is 5.56 Å². The second kappa shape index (κ2) is 6.95. The minimum absolute atomic E-state index is 0.137. The number of nitrogens with zero attached hydrogens (tertiary/aromatic N) is 1. The molecule has 0 amide bonds. The normalized spacial score (nSPS) is 12.2. The third-order valence-electron chi connectivity index (χ3n) is 2.94. The van der Waals surface area contributed by atoms with Gasteiger partial charge in [-0.2, -0.15) is 11.8 Å². The Bertz CT molecular complexity index is 421. The van der Waals surface area contributed by atoms with Crippen molar-refractivity contribution in [2.75, 3.05) is 30.2 Å². The average Bonchev–Trinajstić information content (AvgIpc) is 2.36. The van der Waals surface area contributed by atoms with E-state index in [2.05, 4.69) is 25.1 Å². The summed E-state index contributed by atoms with van der Waals surface area (Å²) in [6, 6.07) is 6.48. The molecule has 1 aromatic carbocycles. The first kappa shape index (κ1) is 15.2. The van der Waals surface area contributed by atoms with Gasteiger partial charge in [0, 0.05) is 29.4 Å². The maximum absolute atomic E-state index is 7.79. The zero-order valence-electron chi connectivity index (χ0n) is 11.4. The second-order valence-corrected chi connectivity index (χ2v) is 5.94. The van der Waals surface area contributed by atoms with Gasteiger partial charge in [0.2, 0.25) is 0 Å². The van der Waals surface area contributed by atoms with E-state index < -0.39 is 0 Å². The van der Waals surface area contributed by atoms with E-state index in [1.54, 1.807) is 11.8 Å². The molecular formula is C13H21N3S2. The zero-order valence-corrected chi connectivity index (χ0v) is 13.0. The summed E-state index contributed by atoms with van der Waals surface area (Å²) in [5.74, 6) is 1.19. The molecule has 0 radical (unpaired) electrons. The highest BCUT2D eigenvalue weighted by atomic mass is 32.2. The van der Waals surface area contributed by atoms with Crippen molar-refractivity contribution in [1.29, 1.82) is 5.41 Å². The molecule has 100 valence electrons. The molecular weight excluding hydrogens is 262 g/mol. The summed E-state index contributed by atoms with van der Waals surface area (Å²) >= 11 is 3.45. The van der Waals surface area contributed by atoms with E-state index in [0.717, 1.165) is 21.9 Å². The van der Waals surface area contributed by atoms with E-state index in [1.165, 1.54) is 0 Å². The van der Waals surface area contributed by atoms with Gasteiger partial charge in [-0.15, -0.1) is 11.8 Å². The lowest BCUT2D eigenvalue weighted by Gasteiger charge is -2.29. The Morgan fingerprint density at radius 2 is 2.11 bits per heavy atom. The van der Waals surface area contributed by atoms with Crippen LogP contribution in [-0.2, 0) is 0 Å². The molecule has 0 aliphatic heterocycles. The molecule has 3 nitrogen and oxygen atoms in total. The minimum Gasteiger partial charge on any atom is -0.384 e. The predicted octanol–water partition coefficient (Wildman–Crippen LogP) is 2.88. The van der Waals surface area contributed by atoms with Gasteiger partial charge in [-0.25, -0.2) is 0 Å². The molecule has 0 saturated carbocycles. The van der Waals surface area contributed by atoms with Gasteiger partial charge in [-0.3, -0.25) is 5.41 Å². The van der Waals surface area contributed by atoms with E-state index in [9.17, 15) is 0 Å². The van der Waals surface area contributed by atoms with Crippen molar-refractivity contribution in [3.05, 3.63) is 23.8 Å². The first-order valence-corrected chi connectivity index (χ1v) is 8.38. The molecule has 0 fully saturated rings. The van der Waals surface area contributed by atoms with E-state index in [0.29, 0.717) is 6.04 Å². The molecule has 3 N–H and O–H groups in total. The van der Waals surface area contributed by atoms with E-state index in [4.69, 9.17) is 11.1 Å². The molecule has 5 heteroatoms. The number of rotatable bonds is 6. The number of benzene rings is 1. The van der Waals surface area contributed by atoms with Gasteiger partial charge in [0.25, 0.3) is 0 Å². The van der Waals surface area contributed by atoms with Crippen LogP contribution in [0.4, 0.5) is 5.69 Å². The first-order chi connectivity index (χ1) is 8.52. The average molecular weight is 283 g/mol. The van der Waals surface area contributed by atoms with Crippen LogP contribution in [0.15, 0.2) is 23.1 Å². The number of hydrogen-bond donors (Lipinski definition) is 2. The van der Waals surface area contributed by atoms with Crippen LogP contribution in [0.5, 0.6) is 0 Å². The van der Waals surface area contributed by atoms with Crippen molar-refractivity contribution < 1.29 is 0 Å². The Morgan fingerprint density at radius 1 is 1.44 bits per heavy atom. The fourth-order valence-electron chi connectivity index (χ4n) is 1.84. The summed E-state index contributed by atoms with van der Waals surface area (Å²) in [4.78, 5) is 3.26. The Kier molecular flexibility index (Phi) is 5.88. The Morgan fingerprint density at radius 3 is 2.61 bits per heavy atom. The number of hydrogen-bond acceptors (Lipinski definition) is 4. The van der Waals surface area contributed by atoms with Crippen LogP contribution in [0.3, 0.4) is 0 Å². The summed E-state index contributed by atoms with van der Waals surface area (Å²) in [6.07, 6.45) is 4.12. The number of amidine groups is 1. The maximum Gasteiger partial charge on any atom is 0.126 e. The van der Waals surface area contributed by atoms with E-state index in [1.807, 2.05) is 36.2 Å². The van der Waals surface area contributed by atoms with E-state index >= 15 is 0 Å². The van der Waals surface area contributed by atoms with Crippen LogP contribution >= 0.6 is 23.5 Å². The first-order valence-electron chi connectivity index (χ1n) is 5.76. The van der Waals surface area contributed by atoms with Gasteiger partial charge < -0.3 is 10.6 Å². The quantitative estimate of drug-likeness (QED) is 0.479.